The van der Waals surface area contributed by atoms with Crippen molar-refractivity contribution in [2.24, 2.45) is 5.92 Å². The van der Waals surface area contributed by atoms with E-state index >= 15 is 0 Å². The molecule has 144 valence electrons. The standard InChI is InChI=1S/C18H13F6NO2/c19-17(20,21)11-7-5-10(6-8-11)12-9-13(12)16(26)25-14-3-1-2-4-15(14)27-18(22,23)24/h1-8,12-13H,9H2,(H,25,26). The van der Waals surface area contributed by atoms with Crippen molar-refractivity contribution >= 4 is 11.6 Å². The molecule has 3 nitrogen and oxygen atoms in total. The number of amides is 1. The van der Waals surface area contributed by atoms with Crippen LogP contribution in [0.2, 0.25) is 0 Å². The van der Waals surface area contributed by atoms with Gasteiger partial charge < -0.3 is 10.1 Å². The molecular weight excluding hydrogens is 376 g/mol. The summed E-state index contributed by atoms with van der Waals surface area (Å²) in [5.41, 5.74) is -0.341. The molecule has 0 aromatic heterocycles. The van der Waals surface area contributed by atoms with Gasteiger partial charge >= 0.3 is 12.5 Å². The van der Waals surface area contributed by atoms with Gasteiger partial charge in [-0.3, -0.25) is 4.79 Å². The fourth-order valence-corrected chi connectivity index (χ4v) is 2.78. The quantitative estimate of drug-likeness (QED) is 0.717. The molecule has 2 unspecified atom stereocenters. The number of alkyl halides is 6. The van der Waals surface area contributed by atoms with Crippen LogP contribution in [-0.2, 0) is 11.0 Å². The molecule has 2 aromatic rings. The van der Waals surface area contributed by atoms with Crippen LogP contribution >= 0.6 is 0 Å². The Morgan fingerprint density at radius 3 is 2.19 bits per heavy atom. The number of anilines is 1. The highest BCUT2D eigenvalue weighted by molar-refractivity contribution is 5.96. The molecule has 1 fully saturated rings. The summed E-state index contributed by atoms with van der Waals surface area (Å²) in [6.45, 7) is 0. The summed E-state index contributed by atoms with van der Waals surface area (Å²) in [4.78, 5) is 12.3. The van der Waals surface area contributed by atoms with Gasteiger partial charge in [0.25, 0.3) is 0 Å². The highest BCUT2D eigenvalue weighted by Crippen LogP contribution is 2.48. The van der Waals surface area contributed by atoms with Crippen LogP contribution in [0.5, 0.6) is 5.75 Å². The molecular formula is C18H13F6NO2. The Labute approximate surface area is 149 Å². The number of halogens is 6. The average molecular weight is 389 g/mol. The second-order valence-electron chi connectivity index (χ2n) is 6.10. The molecule has 2 atom stereocenters. The summed E-state index contributed by atoms with van der Waals surface area (Å²) in [7, 11) is 0. The second-order valence-corrected chi connectivity index (χ2v) is 6.10. The lowest BCUT2D eigenvalue weighted by Crippen LogP contribution is -2.20. The van der Waals surface area contributed by atoms with E-state index in [0.717, 1.165) is 18.2 Å². The third kappa shape index (κ3) is 4.72. The van der Waals surface area contributed by atoms with Crippen molar-refractivity contribution in [3.8, 4) is 5.75 Å². The van der Waals surface area contributed by atoms with Gasteiger partial charge in [-0.25, -0.2) is 0 Å². The lowest BCUT2D eigenvalue weighted by Gasteiger charge is -2.13. The zero-order chi connectivity index (χ0) is 19.8. The van der Waals surface area contributed by atoms with Crippen LogP contribution < -0.4 is 10.1 Å². The lowest BCUT2D eigenvalue weighted by atomic mass is 10.1. The van der Waals surface area contributed by atoms with Crippen LogP contribution in [0.25, 0.3) is 0 Å². The van der Waals surface area contributed by atoms with E-state index in [-0.39, 0.29) is 11.6 Å². The van der Waals surface area contributed by atoms with Crippen LogP contribution in [0, 0.1) is 5.92 Å². The maximum Gasteiger partial charge on any atom is 0.573 e. The highest BCUT2D eigenvalue weighted by atomic mass is 19.4. The molecule has 1 aliphatic rings. The van der Waals surface area contributed by atoms with Crippen molar-refractivity contribution in [2.75, 3.05) is 5.32 Å². The fourth-order valence-electron chi connectivity index (χ4n) is 2.78. The summed E-state index contributed by atoms with van der Waals surface area (Å²) in [6.07, 6.45) is -8.94. The predicted molar refractivity (Wildman–Crippen MR) is 84.0 cm³/mol. The maximum atomic E-state index is 12.6. The first kappa shape index (κ1) is 19.1. The van der Waals surface area contributed by atoms with E-state index in [1.165, 1.54) is 30.3 Å². The predicted octanol–water partition coefficient (Wildman–Crippen LogP) is 5.35. The number of ether oxygens (including phenoxy) is 1. The third-order valence-corrected chi connectivity index (χ3v) is 4.16. The van der Waals surface area contributed by atoms with Gasteiger partial charge in [0.1, 0.15) is 0 Å². The fraction of sp³-hybridized carbons (Fsp3) is 0.278. The average Bonchev–Trinajstić information content (AvgIpc) is 3.35. The molecule has 9 heteroatoms. The number of carbonyl (C=O) groups is 1. The first-order valence-electron chi connectivity index (χ1n) is 7.87. The van der Waals surface area contributed by atoms with E-state index in [4.69, 9.17) is 0 Å². The number of benzene rings is 2. The van der Waals surface area contributed by atoms with Gasteiger partial charge in [0.15, 0.2) is 5.75 Å². The van der Waals surface area contributed by atoms with E-state index in [1.807, 2.05) is 0 Å². The van der Waals surface area contributed by atoms with Crippen molar-refractivity contribution in [2.45, 2.75) is 24.9 Å². The van der Waals surface area contributed by atoms with Crippen LogP contribution in [0.4, 0.5) is 32.0 Å². The molecule has 0 aliphatic heterocycles. The van der Waals surface area contributed by atoms with Crippen LogP contribution in [-0.4, -0.2) is 12.3 Å². The van der Waals surface area contributed by atoms with E-state index in [1.54, 1.807) is 0 Å². The first-order valence-corrected chi connectivity index (χ1v) is 7.87. The molecule has 3 rings (SSSR count). The van der Waals surface area contributed by atoms with Crippen molar-refractivity contribution in [3.63, 3.8) is 0 Å². The maximum absolute atomic E-state index is 12.6. The lowest BCUT2D eigenvalue weighted by molar-refractivity contribution is -0.274. The number of hydrogen-bond acceptors (Lipinski definition) is 2. The molecule has 0 saturated heterocycles. The number of rotatable bonds is 4. The molecule has 0 heterocycles. The summed E-state index contributed by atoms with van der Waals surface area (Å²) >= 11 is 0. The number of carbonyl (C=O) groups excluding carboxylic acids is 1. The van der Waals surface area contributed by atoms with Crippen LogP contribution in [0.3, 0.4) is 0 Å². The Hall–Kier alpha value is -2.71. The minimum absolute atomic E-state index is 0.127. The third-order valence-electron chi connectivity index (χ3n) is 4.16. The number of para-hydroxylation sites is 2. The summed E-state index contributed by atoms with van der Waals surface area (Å²) in [5.74, 6) is -1.85. The molecule has 0 bridgehead atoms. The number of hydrogen-bond donors (Lipinski definition) is 1. The van der Waals surface area contributed by atoms with E-state index < -0.39 is 35.7 Å². The van der Waals surface area contributed by atoms with Gasteiger partial charge in [-0.15, -0.1) is 13.2 Å². The molecule has 0 spiro atoms. The smallest absolute Gasteiger partial charge is 0.404 e. The Morgan fingerprint density at radius 2 is 1.59 bits per heavy atom. The Morgan fingerprint density at radius 1 is 0.963 bits per heavy atom. The highest BCUT2D eigenvalue weighted by Gasteiger charge is 2.44. The topological polar surface area (TPSA) is 38.3 Å². The monoisotopic (exact) mass is 389 g/mol. The Bertz CT molecular complexity index is 829. The minimum atomic E-state index is -4.90. The van der Waals surface area contributed by atoms with Crippen LogP contribution in [0.15, 0.2) is 48.5 Å². The summed E-state index contributed by atoms with van der Waals surface area (Å²) in [6, 6.07) is 9.61. The molecule has 1 N–H and O–H groups in total. The zero-order valence-corrected chi connectivity index (χ0v) is 13.6. The Kier molecular flexibility index (Phi) is 4.79. The molecule has 27 heavy (non-hydrogen) atoms. The van der Waals surface area contributed by atoms with E-state index in [9.17, 15) is 31.1 Å². The molecule has 2 aromatic carbocycles. The van der Waals surface area contributed by atoms with E-state index in [0.29, 0.717) is 12.0 Å². The number of nitrogens with one attached hydrogen (secondary N) is 1. The second kappa shape index (κ2) is 6.79. The van der Waals surface area contributed by atoms with Crippen molar-refractivity contribution in [1.29, 1.82) is 0 Å². The SMILES string of the molecule is O=C(Nc1ccccc1OC(F)(F)F)C1CC1c1ccc(C(F)(F)F)cc1. The van der Waals surface area contributed by atoms with Gasteiger partial charge in [-0.1, -0.05) is 24.3 Å². The van der Waals surface area contributed by atoms with Crippen molar-refractivity contribution < 1.29 is 35.9 Å². The normalized spacial score (nSPS) is 19.5. The van der Waals surface area contributed by atoms with Gasteiger partial charge in [-0.2, -0.15) is 13.2 Å². The molecule has 0 radical (unpaired) electrons. The van der Waals surface area contributed by atoms with Crippen molar-refractivity contribution in [3.05, 3.63) is 59.7 Å². The molecule has 1 amide bonds. The van der Waals surface area contributed by atoms with Crippen molar-refractivity contribution in [1.82, 2.24) is 0 Å². The van der Waals surface area contributed by atoms with Gasteiger partial charge in [0, 0.05) is 5.92 Å². The van der Waals surface area contributed by atoms with Gasteiger partial charge in [0.05, 0.1) is 11.3 Å². The first-order chi connectivity index (χ1) is 12.5. The minimum Gasteiger partial charge on any atom is -0.404 e. The van der Waals surface area contributed by atoms with Gasteiger partial charge in [-0.05, 0) is 42.2 Å². The largest absolute Gasteiger partial charge is 0.573 e. The Balaban J connectivity index is 1.66. The van der Waals surface area contributed by atoms with Crippen LogP contribution in [0.1, 0.15) is 23.5 Å². The molecule has 1 aliphatic carbocycles. The molecule has 1 saturated carbocycles. The van der Waals surface area contributed by atoms with E-state index in [2.05, 4.69) is 10.1 Å². The zero-order valence-electron chi connectivity index (χ0n) is 13.6. The van der Waals surface area contributed by atoms with Gasteiger partial charge in [0.2, 0.25) is 5.91 Å². The summed E-state index contributed by atoms with van der Waals surface area (Å²) < 4.78 is 78.9. The summed E-state index contributed by atoms with van der Waals surface area (Å²) in [5, 5.41) is 2.39.